The summed E-state index contributed by atoms with van der Waals surface area (Å²) in [7, 11) is 0. The number of carbonyl (C=O) groups excluding carboxylic acids is 1. The molecule has 0 radical (unpaired) electrons. The second-order valence-electron chi connectivity index (χ2n) is 8.56. The minimum absolute atomic E-state index is 0.0808. The minimum atomic E-state index is 0.0808. The van der Waals surface area contributed by atoms with Crippen molar-refractivity contribution in [1.82, 2.24) is 19.9 Å². The number of rotatable bonds is 3. The highest BCUT2D eigenvalue weighted by Gasteiger charge is 2.33. The van der Waals surface area contributed by atoms with E-state index in [1.807, 2.05) is 43.9 Å². The molecule has 2 aromatic heterocycles. The number of hydrogen-bond donors (Lipinski definition) is 0. The van der Waals surface area contributed by atoms with Gasteiger partial charge in [-0.25, -0.2) is 9.97 Å². The third kappa shape index (κ3) is 4.31. The first kappa shape index (κ1) is 20.7. The van der Waals surface area contributed by atoms with Crippen LogP contribution in [0.15, 0.2) is 24.4 Å². The average Bonchev–Trinajstić information content (AvgIpc) is 2.75. The number of pyridine rings is 1. The van der Waals surface area contributed by atoms with Crippen LogP contribution in [0.5, 0.6) is 0 Å². The van der Waals surface area contributed by atoms with E-state index in [1.54, 1.807) is 6.20 Å². The molecule has 30 heavy (non-hydrogen) atoms. The lowest BCUT2D eigenvalue weighted by Crippen LogP contribution is -2.51. The van der Waals surface area contributed by atoms with Crippen LogP contribution in [-0.2, 0) is 9.53 Å². The fourth-order valence-corrected chi connectivity index (χ4v) is 4.49. The summed E-state index contributed by atoms with van der Waals surface area (Å²) >= 11 is 0. The number of ether oxygens (including phenoxy) is 1. The Balaban J connectivity index is 1.46. The molecule has 4 rings (SSSR count). The Bertz CT molecular complexity index is 886. The molecule has 2 saturated heterocycles. The summed E-state index contributed by atoms with van der Waals surface area (Å²) in [5.41, 5.74) is 2.84. The minimum Gasteiger partial charge on any atom is -0.372 e. The van der Waals surface area contributed by atoms with Gasteiger partial charge >= 0.3 is 0 Å². The average molecular weight is 410 g/mol. The largest absolute Gasteiger partial charge is 0.372 e. The van der Waals surface area contributed by atoms with Crippen LogP contribution in [0.1, 0.15) is 37.9 Å². The highest BCUT2D eigenvalue weighted by atomic mass is 16.5. The molecule has 0 aliphatic carbocycles. The standard InChI is InChI=1S/C23H31N5O2/c1-15-13-28(14-16(2)30-15)23(29)19-8-11-27(12-9-19)22-17(3)18(4)25-21(26-22)20-7-5-6-10-24-20/h5-7,10,15-16,19H,8-9,11-14H2,1-4H3. The number of anilines is 1. The first-order valence-electron chi connectivity index (χ1n) is 10.9. The van der Waals surface area contributed by atoms with Crippen LogP contribution in [0.4, 0.5) is 5.82 Å². The normalized spacial score (nSPS) is 22.9. The van der Waals surface area contributed by atoms with Gasteiger partial charge in [-0.3, -0.25) is 9.78 Å². The van der Waals surface area contributed by atoms with Gasteiger partial charge in [-0.05, 0) is 52.7 Å². The van der Waals surface area contributed by atoms with Crippen molar-refractivity contribution < 1.29 is 9.53 Å². The van der Waals surface area contributed by atoms with Crippen LogP contribution >= 0.6 is 0 Å². The molecule has 0 saturated carbocycles. The smallest absolute Gasteiger partial charge is 0.225 e. The van der Waals surface area contributed by atoms with Gasteiger partial charge in [0.15, 0.2) is 5.82 Å². The molecule has 0 aromatic carbocycles. The SMILES string of the molecule is Cc1nc(-c2ccccn2)nc(N2CCC(C(=O)N3CC(C)OC(C)C3)CC2)c1C. The van der Waals surface area contributed by atoms with E-state index < -0.39 is 0 Å². The molecule has 160 valence electrons. The molecule has 2 aliphatic rings. The van der Waals surface area contributed by atoms with Gasteiger partial charge in [-0.2, -0.15) is 0 Å². The second kappa shape index (κ2) is 8.68. The van der Waals surface area contributed by atoms with Gasteiger partial charge in [0.1, 0.15) is 11.5 Å². The highest BCUT2D eigenvalue weighted by molar-refractivity contribution is 5.79. The highest BCUT2D eigenvalue weighted by Crippen LogP contribution is 2.29. The predicted molar refractivity (Wildman–Crippen MR) is 116 cm³/mol. The Hall–Kier alpha value is -2.54. The third-order valence-corrected chi connectivity index (χ3v) is 6.13. The summed E-state index contributed by atoms with van der Waals surface area (Å²) in [6.07, 6.45) is 3.67. The molecule has 2 unspecified atom stereocenters. The van der Waals surface area contributed by atoms with E-state index in [2.05, 4.69) is 21.8 Å². The maximum absolute atomic E-state index is 13.1. The maximum atomic E-state index is 13.1. The van der Waals surface area contributed by atoms with Crippen molar-refractivity contribution >= 4 is 11.7 Å². The second-order valence-corrected chi connectivity index (χ2v) is 8.56. The zero-order valence-corrected chi connectivity index (χ0v) is 18.3. The van der Waals surface area contributed by atoms with Crippen molar-refractivity contribution in [2.24, 2.45) is 5.92 Å². The van der Waals surface area contributed by atoms with Crippen molar-refractivity contribution in [2.75, 3.05) is 31.1 Å². The fraction of sp³-hybridized carbons (Fsp3) is 0.565. The van der Waals surface area contributed by atoms with E-state index in [4.69, 9.17) is 9.72 Å². The lowest BCUT2D eigenvalue weighted by molar-refractivity contribution is -0.148. The Morgan fingerprint density at radius 1 is 1.07 bits per heavy atom. The molecule has 4 heterocycles. The van der Waals surface area contributed by atoms with Crippen LogP contribution in [-0.4, -0.2) is 64.1 Å². The molecular formula is C23H31N5O2. The third-order valence-electron chi connectivity index (χ3n) is 6.13. The Morgan fingerprint density at radius 3 is 2.40 bits per heavy atom. The summed E-state index contributed by atoms with van der Waals surface area (Å²) in [5.74, 6) is 1.98. The van der Waals surface area contributed by atoms with Gasteiger partial charge in [0.2, 0.25) is 5.91 Å². The van der Waals surface area contributed by atoms with Crippen molar-refractivity contribution in [3.05, 3.63) is 35.7 Å². The van der Waals surface area contributed by atoms with E-state index >= 15 is 0 Å². The summed E-state index contributed by atoms with van der Waals surface area (Å²) < 4.78 is 5.78. The number of morpholine rings is 1. The molecule has 7 heteroatoms. The quantitative estimate of drug-likeness (QED) is 0.776. The Labute approximate surface area is 178 Å². The number of aryl methyl sites for hydroxylation is 1. The fourth-order valence-electron chi connectivity index (χ4n) is 4.49. The molecule has 2 atom stereocenters. The molecule has 2 aromatic rings. The van der Waals surface area contributed by atoms with E-state index in [0.29, 0.717) is 18.9 Å². The van der Waals surface area contributed by atoms with Gasteiger partial charge in [0.25, 0.3) is 0 Å². The number of carbonyl (C=O) groups is 1. The number of hydrogen-bond acceptors (Lipinski definition) is 6. The topological polar surface area (TPSA) is 71.5 Å². The van der Waals surface area contributed by atoms with Gasteiger partial charge in [-0.1, -0.05) is 6.07 Å². The number of piperidine rings is 1. The molecule has 7 nitrogen and oxygen atoms in total. The van der Waals surface area contributed by atoms with Crippen LogP contribution in [0.25, 0.3) is 11.5 Å². The lowest BCUT2D eigenvalue weighted by Gasteiger charge is -2.39. The van der Waals surface area contributed by atoms with Crippen molar-refractivity contribution in [2.45, 2.75) is 52.7 Å². The maximum Gasteiger partial charge on any atom is 0.225 e. The van der Waals surface area contributed by atoms with Gasteiger partial charge in [0.05, 0.1) is 12.2 Å². The molecule has 2 fully saturated rings. The molecule has 2 aliphatic heterocycles. The van der Waals surface area contributed by atoms with Crippen molar-refractivity contribution in [1.29, 1.82) is 0 Å². The van der Waals surface area contributed by atoms with Crippen LogP contribution in [0.3, 0.4) is 0 Å². The first-order chi connectivity index (χ1) is 14.4. The molecule has 0 N–H and O–H groups in total. The van der Waals surface area contributed by atoms with Crippen molar-refractivity contribution in [3.63, 3.8) is 0 Å². The van der Waals surface area contributed by atoms with E-state index in [-0.39, 0.29) is 24.0 Å². The number of amides is 1. The number of nitrogens with zero attached hydrogens (tertiary/aromatic N) is 5. The summed E-state index contributed by atoms with van der Waals surface area (Å²) in [6.45, 7) is 11.2. The first-order valence-corrected chi connectivity index (χ1v) is 10.9. The molecule has 1 amide bonds. The Morgan fingerprint density at radius 2 is 1.77 bits per heavy atom. The van der Waals surface area contributed by atoms with Crippen LogP contribution < -0.4 is 4.90 Å². The summed E-state index contributed by atoms with van der Waals surface area (Å²) in [4.78, 5) is 31.3. The summed E-state index contributed by atoms with van der Waals surface area (Å²) in [6, 6.07) is 5.78. The zero-order chi connectivity index (χ0) is 21.3. The van der Waals surface area contributed by atoms with E-state index in [0.717, 1.165) is 48.7 Å². The monoisotopic (exact) mass is 409 g/mol. The van der Waals surface area contributed by atoms with Gasteiger partial charge in [-0.15, -0.1) is 0 Å². The van der Waals surface area contributed by atoms with Gasteiger partial charge < -0.3 is 14.5 Å². The van der Waals surface area contributed by atoms with E-state index in [1.165, 1.54) is 0 Å². The van der Waals surface area contributed by atoms with E-state index in [9.17, 15) is 4.79 Å². The predicted octanol–water partition coefficient (Wildman–Crippen LogP) is 3.01. The van der Waals surface area contributed by atoms with Crippen LogP contribution in [0, 0.1) is 19.8 Å². The zero-order valence-electron chi connectivity index (χ0n) is 18.3. The molecular weight excluding hydrogens is 378 g/mol. The van der Waals surface area contributed by atoms with Crippen molar-refractivity contribution in [3.8, 4) is 11.5 Å². The van der Waals surface area contributed by atoms with Gasteiger partial charge in [0, 0.05) is 49.6 Å². The lowest BCUT2D eigenvalue weighted by atomic mass is 9.94. The Kier molecular flexibility index (Phi) is 5.99. The number of aromatic nitrogens is 3. The molecule has 0 spiro atoms. The van der Waals surface area contributed by atoms with Crippen LogP contribution in [0.2, 0.25) is 0 Å². The summed E-state index contributed by atoms with van der Waals surface area (Å²) in [5, 5.41) is 0. The molecule has 0 bridgehead atoms.